The standard InChI is InChI=1S/C15H12N2O3/c18-11-5-3-10(4-6-11)8-14-16-9-13-12(15(19)20)2-1-7-17(13)14/h1-7,9,18H,8H2,(H,19,20). The molecule has 2 heterocycles. The summed E-state index contributed by atoms with van der Waals surface area (Å²) in [4.78, 5) is 15.4. The largest absolute Gasteiger partial charge is 0.508 e. The Bertz CT molecular complexity index is 775. The Kier molecular flexibility index (Phi) is 2.87. The van der Waals surface area contributed by atoms with Crippen LogP contribution in [-0.2, 0) is 6.42 Å². The van der Waals surface area contributed by atoms with Crippen molar-refractivity contribution in [2.24, 2.45) is 0 Å². The summed E-state index contributed by atoms with van der Waals surface area (Å²) in [6.45, 7) is 0. The highest BCUT2D eigenvalue weighted by atomic mass is 16.4. The van der Waals surface area contributed by atoms with E-state index in [0.717, 1.165) is 11.4 Å². The lowest BCUT2D eigenvalue weighted by molar-refractivity contribution is 0.0698. The zero-order valence-electron chi connectivity index (χ0n) is 10.5. The fraction of sp³-hybridized carbons (Fsp3) is 0.0667. The number of fused-ring (bicyclic) bond motifs is 1. The first-order valence-electron chi connectivity index (χ1n) is 6.11. The number of nitrogens with zero attached hydrogens (tertiary/aromatic N) is 2. The number of phenolic OH excluding ortho intramolecular Hbond substituents is 1. The summed E-state index contributed by atoms with van der Waals surface area (Å²) < 4.78 is 1.77. The summed E-state index contributed by atoms with van der Waals surface area (Å²) in [5, 5.41) is 18.4. The molecule has 0 aliphatic rings. The second-order valence-electron chi connectivity index (χ2n) is 4.50. The SMILES string of the molecule is O=C(O)c1cccn2c(Cc3ccc(O)cc3)ncc12. The summed E-state index contributed by atoms with van der Waals surface area (Å²) in [6, 6.07) is 10.1. The minimum Gasteiger partial charge on any atom is -0.508 e. The van der Waals surface area contributed by atoms with Crippen LogP contribution in [0.15, 0.2) is 48.8 Å². The van der Waals surface area contributed by atoms with Crippen LogP contribution < -0.4 is 0 Å². The van der Waals surface area contributed by atoms with Crippen molar-refractivity contribution in [3.8, 4) is 5.75 Å². The number of hydrogen-bond donors (Lipinski definition) is 2. The van der Waals surface area contributed by atoms with Gasteiger partial charge in [-0.3, -0.25) is 0 Å². The Morgan fingerprint density at radius 1 is 1.20 bits per heavy atom. The summed E-state index contributed by atoms with van der Waals surface area (Å²) in [7, 11) is 0. The molecule has 20 heavy (non-hydrogen) atoms. The van der Waals surface area contributed by atoms with Crippen molar-refractivity contribution in [1.82, 2.24) is 9.38 Å². The molecule has 0 atom stereocenters. The normalized spacial score (nSPS) is 10.8. The molecule has 3 aromatic rings. The molecule has 100 valence electrons. The van der Waals surface area contributed by atoms with Gasteiger partial charge in [0, 0.05) is 12.6 Å². The van der Waals surface area contributed by atoms with Crippen molar-refractivity contribution < 1.29 is 15.0 Å². The zero-order valence-corrected chi connectivity index (χ0v) is 10.5. The van der Waals surface area contributed by atoms with Gasteiger partial charge in [0.05, 0.1) is 17.3 Å². The van der Waals surface area contributed by atoms with E-state index < -0.39 is 5.97 Å². The van der Waals surface area contributed by atoms with Gasteiger partial charge in [0.25, 0.3) is 0 Å². The number of carboxylic acids is 1. The van der Waals surface area contributed by atoms with E-state index >= 15 is 0 Å². The number of rotatable bonds is 3. The lowest BCUT2D eigenvalue weighted by Crippen LogP contribution is -2.01. The number of benzene rings is 1. The Balaban J connectivity index is 2.03. The van der Waals surface area contributed by atoms with Gasteiger partial charge in [-0.15, -0.1) is 0 Å². The van der Waals surface area contributed by atoms with Crippen molar-refractivity contribution in [3.63, 3.8) is 0 Å². The summed E-state index contributed by atoms with van der Waals surface area (Å²) in [6.07, 6.45) is 3.93. The Hall–Kier alpha value is -2.82. The molecule has 0 unspecified atom stereocenters. The molecule has 0 saturated heterocycles. The average molecular weight is 268 g/mol. The Morgan fingerprint density at radius 3 is 2.65 bits per heavy atom. The number of carboxylic acid groups (broad SMARTS) is 1. The second kappa shape index (κ2) is 4.70. The molecular weight excluding hydrogens is 256 g/mol. The molecular formula is C15H12N2O3. The third-order valence-corrected chi connectivity index (χ3v) is 3.18. The van der Waals surface area contributed by atoms with Gasteiger partial charge < -0.3 is 14.6 Å². The molecule has 0 aliphatic heterocycles. The summed E-state index contributed by atoms with van der Waals surface area (Å²) in [5.41, 5.74) is 1.81. The fourth-order valence-corrected chi connectivity index (χ4v) is 2.18. The molecule has 0 fully saturated rings. The molecule has 0 spiro atoms. The van der Waals surface area contributed by atoms with Gasteiger partial charge >= 0.3 is 5.97 Å². The summed E-state index contributed by atoms with van der Waals surface area (Å²) >= 11 is 0. The number of hydrogen-bond acceptors (Lipinski definition) is 3. The highest BCUT2D eigenvalue weighted by Crippen LogP contribution is 2.17. The Morgan fingerprint density at radius 2 is 1.95 bits per heavy atom. The molecule has 2 N–H and O–H groups in total. The van der Waals surface area contributed by atoms with Gasteiger partial charge in [-0.25, -0.2) is 9.78 Å². The molecule has 0 bridgehead atoms. The van der Waals surface area contributed by atoms with E-state index in [-0.39, 0.29) is 11.3 Å². The minimum absolute atomic E-state index is 0.217. The van der Waals surface area contributed by atoms with Gasteiger partial charge in [0.1, 0.15) is 11.6 Å². The van der Waals surface area contributed by atoms with Crippen molar-refractivity contribution in [2.75, 3.05) is 0 Å². The van der Waals surface area contributed by atoms with Crippen LogP contribution in [0.2, 0.25) is 0 Å². The van der Waals surface area contributed by atoms with Crippen LogP contribution in [0.5, 0.6) is 5.75 Å². The molecule has 3 rings (SSSR count). The highest BCUT2D eigenvalue weighted by Gasteiger charge is 2.12. The number of imidazole rings is 1. The van der Waals surface area contributed by atoms with Gasteiger partial charge in [-0.2, -0.15) is 0 Å². The average Bonchev–Trinajstić information content (AvgIpc) is 2.84. The third kappa shape index (κ3) is 2.09. The number of pyridine rings is 1. The van der Waals surface area contributed by atoms with Crippen LogP contribution in [0.1, 0.15) is 21.7 Å². The Labute approximate surface area is 114 Å². The van der Waals surface area contributed by atoms with Crippen LogP contribution in [0.3, 0.4) is 0 Å². The van der Waals surface area contributed by atoms with E-state index in [2.05, 4.69) is 4.98 Å². The third-order valence-electron chi connectivity index (χ3n) is 3.18. The predicted molar refractivity (Wildman–Crippen MR) is 73.1 cm³/mol. The van der Waals surface area contributed by atoms with E-state index in [1.165, 1.54) is 0 Å². The molecule has 0 aliphatic carbocycles. The molecule has 5 nitrogen and oxygen atoms in total. The molecule has 2 aromatic heterocycles. The number of aromatic hydroxyl groups is 1. The molecule has 0 amide bonds. The molecule has 5 heteroatoms. The van der Waals surface area contributed by atoms with E-state index in [4.69, 9.17) is 5.11 Å². The second-order valence-corrected chi connectivity index (χ2v) is 4.50. The van der Waals surface area contributed by atoms with E-state index in [1.807, 2.05) is 12.1 Å². The van der Waals surface area contributed by atoms with Crippen LogP contribution in [0, 0.1) is 0 Å². The maximum Gasteiger partial charge on any atom is 0.337 e. The fourth-order valence-electron chi connectivity index (χ4n) is 2.18. The smallest absolute Gasteiger partial charge is 0.337 e. The van der Waals surface area contributed by atoms with Gasteiger partial charge in [0.2, 0.25) is 0 Å². The van der Waals surface area contributed by atoms with Crippen LogP contribution >= 0.6 is 0 Å². The van der Waals surface area contributed by atoms with Crippen LogP contribution in [0.25, 0.3) is 5.52 Å². The minimum atomic E-state index is -0.966. The van der Waals surface area contributed by atoms with E-state index in [9.17, 15) is 9.90 Å². The molecule has 1 aromatic carbocycles. The number of carbonyl (C=O) groups is 1. The van der Waals surface area contributed by atoms with E-state index in [1.54, 1.807) is 41.1 Å². The van der Waals surface area contributed by atoms with E-state index in [0.29, 0.717) is 11.9 Å². The van der Waals surface area contributed by atoms with Crippen LogP contribution in [-0.4, -0.2) is 25.6 Å². The van der Waals surface area contributed by atoms with Crippen molar-refractivity contribution in [1.29, 1.82) is 0 Å². The number of phenols is 1. The highest BCUT2D eigenvalue weighted by molar-refractivity contribution is 5.95. The number of aromatic carboxylic acids is 1. The van der Waals surface area contributed by atoms with Gasteiger partial charge in [0.15, 0.2) is 0 Å². The topological polar surface area (TPSA) is 74.8 Å². The first kappa shape index (κ1) is 12.2. The zero-order chi connectivity index (χ0) is 14.1. The molecule has 0 radical (unpaired) electrons. The first-order chi connectivity index (χ1) is 9.65. The maximum atomic E-state index is 11.2. The number of aromatic nitrogens is 2. The maximum absolute atomic E-state index is 11.2. The lowest BCUT2D eigenvalue weighted by atomic mass is 10.1. The van der Waals surface area contributed by atoms with Crippen molar-refractivity contribution in [3.05, 3.63) is 65.7 Å². The quantitative estimate of drug-likeness (QED) is 0.764. The van der Waals surface area contributed by atoms with Crippen molar-refractivity contribution in [2.45, 2.75) is 6.42 Å². The predicted octanol–water partition coefficient (Wildman–Crippen LogP) is 2.33. The molecule has 0 saturated carbocycles. The lowest BCUT2D eigenvalue weighted by Gasteiger charge is -2.03. The first-order valence-corrected chi connectivity index (χ1v) is 6.11. The summed E-state index contributed by atoms with van der Waals surface area (Å²) in [5.74, 6) is 0.00960. The monoisotopic (exact) mass is 268 g/mol. The van der Waals surface area contributed by atoms with Crippen LogP contribution in [0.4, 0.5) is 0 Å². The van der Waals surface area contributed by atoms with Gasteiger partial charge in [-0.1, -0.05) is 12.1 Å². The van der Waals surface area contributed by atoms with Gasteiger partial charge in [-0.05, 0) is 29.8 Å². The van der Waals surface area contributed by atoms with Crippen molar-refractivity contribution >= 4 is 11.5 Å².